The van der Waals surface area contributed by atoms with Crippen LogP contribution in [0.3, 0.4) is 0 Å². The predicted octanol–water partition coefficient (Wildman–Crippen LogP) is 3.04. The first kappa shape index (κ1) is 21.9. The van der Waals surface area contributed by atoms with E-state index in [0.29, 0.717) is 5.56 Å². The molecule has 1 unspecified atom stereocenters. The molecular weight excluding hydrogens is 380 g/mol. The summed E-state index contributed by atoms with van der Waals surface area (Å²) >= 11 is 0. The minimum atomic E-state index is -1.10. The molecule has 0 saturated carbocycles. The van der Waals surface area contributed by atoms with Crippen molar-refractivity contribution in [3.63, 3.8) is 0 Å². The van der Waals surface area contributed by atoms with Crippen LogP contribution in [0.2, 0.25) is 0 Å². The molecule has 2 rings (SSSR count). The Morgan fingerprint density at radius 1 is 1.34 bits per heavy atom. The van der Waals surface area contributed by atoms with Crippen LogP contribution in [0.15, 0.2) is 40.5 Å². The fourth-order valence-corrected chi connectivity index (χ4v) is 2.85. The van der Waals surface area contributed by atoms with Gasteiger partial charge >= 0.3 is 12.1 Å². The smallest absolute Gasteiger partial charge is 0.418 e. The highest BCUT2D eigenvalue weighted by atomic mass is 16.6. The standard InChI is InChI=1S/C19H24N4O6/c1-6-28-16(24)14-11(2)21-17(20)22(18(25)29-19(3,4)5)15(14)12-8-7-9-13(10-12)23(26)27/h7-10,15H,6H2,1-5H3,(H2,20,21). The van der Waals surface area contributed by atoms with Crippen LogP contribution in [0.25, 0.3) is 0 Å². The zero-order valence-electron chi connectivity index (χ0n) is 17.0. The molecule has 1 aromatic carbocycles. The monoisotopic (exact) mass is 404 g/mol. The van der Waals surface area contributed by atoms with Crippen molar-refractivity contribution in [2.45, 2.75) is 46.3 Å². The molecule has 0 aliphatic carbocycles. The van der Waals surface area contributed by atoms with E-state index in [0.717, 1.165) is 4.90 Å². The lowest BCUT2D eigenvalue weighted by molar-refractivity contribution is -0.384. The van der Waals surface area contributed by atoms with Crippen LogP contribution in [0.5, 0.6) is 0 Å². The largest absolute Gasteiger partial charge is 0.463 e. The maximum atomic E-state index is 12.9. The summed E-state index contributed by atoms with van der Waals surface area (Å²) in [5.41, 5.74) is 5.56. The molecule has 156 valence electrons. The topological polar surface area (TPSA) is 137 Å². The Morgan fingerprint density at radius 3 is 2.55 bits per heavy atom. The Balaban J connectivity index is 2.67. The van der Waals surface area contributed by atoms with Gasteiger partial charge in [-0.25, -0.2) is 19.5 Å². The Morgan fingerprint density at radius 2 is 2.00 bits per heavy atom. The van der Waals surface area contributed by atoms with E-state index in [1.54, 1.807) is 40.7 Å². The van der Waals surface area contributed by atoms with Crippen LogP contribution < -0.4 is 5.73 Å². The Labute approximate surface area is 168 Å². The summed E-state index contributed by atoms with van der Waals surface area (Å²) in [5, 5.41) is 11.2. The van der Waals surface area contributed by atoms with Crippen LogP contribution in [0.4, 0.5) is 10.5 Å². The molecule has 0 fully saturated rings. The van der Waals surface area contributed by atoms with Crippen LogP contribution in [0, 0.1) is 10.1 Å². The van der Waals surface area contributed by atoms with Gasteiger partial charge in [-0.2, -0.15) is 0 Å². The number of hydrogen-bond donors (Lipinski definition) is 1. The van der Waals surface area contributed by atoms with Crippen LogP contribution in [-0.4, -0.2) is 40.1 Å². The lowest BCUT2D eigenvalue weighted by atomic mass is 9.94. The van der Waals surface area contributed by atoms with E-state index < -0.39 is 28.6 Å². The minimum Gasteiger partial charge on any atom is -0.463 e. The summed E-state index contributed by atoms with van der Waals surface area (Å²) in [6.07, 6.45) is -0.843. The number of ether oxygens (including phenoxy) is 2. The van der Waals surface area contributed by atoms with Gasteiger partial charge in [0.15, 0.2) is 0 Å². The number of carbonyl (C=O) groups excluding carboxylic acids is 2. The van der Waals surface area contributed by atoms with E-state index in [1.165, 1.54) is 18.2 Å². The summed E-state index contributed by atoms with van der Waals surface area (Å²) in [6.45, 7) is 8.33. The Kier molecular flexibility index (Phi) is 6.25. The molecule has 0 saturated heterocycles. The van der Waals surface area contributed by atoms with Crippen LogP contribution in [0.1, 0.15) is 46.2 Å². The van der Waals surface area contributed by atoms with E-state index in [1.807, 2.05) is 0 Å². The second-order valence-corrected chi connectivity index (χ2v) is 7.29. The van der Waals surface area contributed by atoms with Gasteiger partial charge in [0.05, 0.1) is 22.8 Å². The second kappa shape index (κ2) is 8.29. The maximum Gasteiger partial charge on any atom is 0.418 e. The molecule has 1 atom stereocenters. The minimum absolute atomic E-state index is 0.0485. The highest BCUT2D eigenvalue weighted by molar-refractivity contribution is 6.01. The molecule has 0 radical (unpaired) electrons. The van der Waals surface area contributed by atoms with Gasteiger partial charge in [0.1, 0.15) is 11.6 Å². The number of benzene rings is 1. The number of non-ortho nitro benzene ring substituents is 1. The summed E-state index contributed by atoms with van der Waals surface area (Å²) in [4.78, 5) is 41.3. The first-order chi connectivity index (χ1) is 13.5. The molecule has 1 aliphatic rings. The molecule has 1 aliphatic heterocycles. The molecule has 29 heavy (non-hydrogen) atoms. The predicted molar refractivity (Wildman–Crippen MR) is 105 cm³/mol. The van der Waals surface area contributed by atoms with E-state index >= 15 is 0 Å². The van der Waals surface area contributed by atoms with Crippen molar-refractivity contribution in [2.24, 2.45) is 10.7 Å². The van der Waals surface area contributed by atoms with Gasteiger partial charge in [-0.05, 0) is 40.2 Å². The average Bonchev–Trinajstić information content (AvgIpc) is 2.59. The third-order valence-corrected chi connectivity index (χ3v) is 3.93. The number of nitrogens with two attached hydrogens (primary N) is 1. The van der Waals surface area contributed by atoms with E-state index in [4.69, 9.17) is 15.2 Å². The van der Waals surface area contributed by atoms with Crippen molar-refractivity contribution < 1.29 is 24.0 Å². The van der Waals surface area contributed by atoms with Gasteiger partial charge in [-0.1, -0.05) is 12.1 Å². The van der Waals surface area contributed by atoms with Crippen molar-refractivity contribution in [3.05, 3.63) is 51.2 Å². The number of aliphatic imine (C=N–C) groups is 1. The second-order valence-electron chi connectivity index (χ2n) is 7.29. The zero-order valence-corrected chi connectivity index (χ0v) is 17.0. The molecule has 2 N–H and O–H groups in total. The Bertz CT molecular complexity index is 900. The molecule has 0 spiro atoms. The quantitative estimate of drug-likeness (QED) is 0.462. The van der Waals surface area contributed by atoms with E-state index in [-0.39, 0.29) is 29.5 Å². The first-order valence-electron chi connectivity index (χ1n) is 8.95. The number of esters is 1. The normalized spacial score (nSPS) is 16.9. The molecular formula is C19H24N4O6. The number of nitro benzene ring substituents is 1. The number of amides is 1. The van der Waals surface area contributed by atoms with E-state index in [9.17, 15) is 19.7 Å². The van der Waals surface area contributed by atoms with Gasteiger partial charge in [0.25, 0.3) is 5.69 Å². The molecule has 1 heterocycles. The van der Waals surface area contributed by atoms with Crippen molar-refractivity contribution in [1.82, 2.24) is 4.90 Å². The first-order valence-corrected chi connectivity index (χ1v) is 8.95. The Hall–Kier alpha value is -3.43. The molecule has 1 amide bonds. The third kappa shape index (κ3) is 4.89. The maximum absolute atomic E-state index is 12.9. The fourth-order valence-electron chi connectivity index (χ4n) is 2.85. The number of nitro groups is 1. The van der Waals surface area contributed by atoms with Gasteiger partial charge in [-0.15, -0.1) is 0 Å². The van der Waals surface area contributed by atoms with E-state index in [2.05, 4.69) is 4.99 Å². The lowest BCUT2D eigenvalue weighted by Gasteiger charge is -2.36. The molecule has 10 heteroatoms. The summed E-state index contributed by atoms with van der Waals surface area (Å²) in [5.74, 6) is -0.896. The molecule has 0 bridgehead atoms. The molecule has 0 aromatic heterocycles. The molecule has 1 aromatic rings. The third-order valence-electron chi connectivity index (χ3n) is 3.93. The van der Waals surface area contributed by atoms with Gasteiger partial charge < -0.3 is 15.2 Å². The van der Waals surface area contributed by atoms with Crippen molar-refractivity contribution in [2.75, 3.05) is 6.61 Å². The van der Waals surface area contributed by atoms with Crippen molar-refractivity contribution >= 4 is 23.7 Å². The lowest BCUT2D eigenvalue weighted by Crippen LogP contribution is -2.49. The highest BCUT2D eigenvalue weighted by Gasteiger charge is 2.41. The van der Waals surface area contributed by atoms with Gasteiger partial charge in [0, 0.05) is 12.1 Å². The zero-order chi connectivity index (χ0) is 21.9. The number of guanidine groups is 1. The number of hydrogen-bond acceptors (Lipinski definition) is 8. The number of carbonyl (C=O) groups is 2. The van der Waals surface area contributed by atoms with Crippen molar-refractivity contribution in [1.29, 1.82) is 0 Å². The SMILES string of the molecule is CCOC(=O)C1=C(C)N=C(N)N(C(=O)OC(C)(C)C)C1c1cccc([N+](=O)[O-])c1. The highest BCUT2D eigenvalue weighted by Crippen LogP contribution is 2.37. The summed E-state index contributed by atoms with van der Waals surface area (Å²) in [7, 11) is 0. The number of allylic oxidation sites excluding steroid dienone is 1. The van der Waals surface area contributed by atoms with Gasteiger partial charge in [0.2, 0.25) is 5.96 Å². The van der Waals surface area contributed by atoms with Crippen molar-refractivity contribution in [3.8, 4) is 0 Å². The van der Waals surface area contributed by atoms with Crippen LogP contribution in [-0.2, 0) is 14.3 Å². The summed E-state index contributed by atoms with van der Waals surface area (Å²) < 4.78 is 10.5. The fraction of sp³-hybridized carbons (Fsp3) is 0.421. The van der Waals surface area contributed by atoms with Gasteiger partial charge in [-0.3, -0.25) is 10.1 Å². The number of nitrogens with zero attached hydrogens (tertiary/aromatic N) is 3. The van der Waals surface area contributed by atoms with Crippen LogP contribution >= 0.6 is 0 Å². The number of rotatable bonds is 4. The average molecular weight is 404 g/mol. The summed E-state index contributed by atoms with van der Waals surface area (Å²) in [6, 6.07) is 4.50. The molecule has 10 nitrogen and oxygen atoms in total.